The Hall–Kier alpha value is -2.01. The average molecular weight is 339 g/mol. The zero-order valence-corrected chi connectivity index (χ0v) is 15.3. The van der Waals surface area contributed by atoms with E-state index < -0.39 is 0 Å². The number of amides is 1. The standard InChI is InChI=1S/C20H25N3O2/c1-12-13(2)22-16-7-14(5-6-15(16)21-12)18(25)23-8-17-19(3,4)9-20(17,10-23)11-24/h5-7,17,24H,8-11H2,1-4H3/t17-,20-/m1/s1. The van der Waals surface area contributed by atoms with Gasteiger partial charge in [-0.15, -0.1) is 0 Å². The Morgan fingerprint density at radius 1 is 1.24 bits per heavy atom. The molecule has 132 valence electrons. The molecule has 1 N–H and O–H groups in total. The number of fused-ring (bicyclic) bond motifs is 2. The van der Waals surface area contributed by atoms with E-state index in [1.807, 2.05) is 36.9 Å². The monoisotopic (exact) mass is 339 g/mol. The minimum atomic E-state index is -0.108. The van der Waals surface area contributed by atoms with E-state index in [2.05, 4.69) is 23.8 Å². The molecule has 2 fully saturated rings. The van der Waals surface area contributed by atoms with E-state index in [1.54, 1.807) is 0 Å². The predicted octanol–water partition coefficient (Wildman–Crippen LogP) is 2.73. The maximum absolute atomic E-state index is 13.0. The number of carbonyl (C=O) groups is 1. The van der Waals surface area contributed by atoms with Crippen molar-refractivity contribution < 1.29 is 9.90 Å². The molecule has 1 aromatic heterocycles. The fourth-order valence-corrected chi connectivity index (χ4v) is 5.04. The van der Waals surface area contributed by atoms with Crippen LogP contribution in [0.1, 0.15) is 42.0 Å². The van der Waals surface area contributed by atoms with Gasteiger partial charge in [-0.05, 0) is 49.8 Å². The van der Waals surface area contributed by atoms with E-state index in [4.69, 9.17) is 0 Å². The maximum atomic E-state index is 13.0. The van der Waals surface area contributed by atoms with Gasteiger partial charge in [0.1, 0.15) is 0 Å². The molecule has 1 amide bonds. The molecule has 0 bridgehead atoms. The number of aliphatic hydroxyl groups is 1. The third-order valence-corrected chi connectivity index (χ3v) is 6.32. The van der Waals surface area contributed by atoms with Crippen molar-refractivity contribution in [3.63, 3.8) is 0 Å². The van der Waals surface area contributed by atoms with Gasteiger partial charge in [-0.25, -0.2) is 9.97 Å². The van der Waals surface area contributed by atoms with Gasteiger partial charge in [-0.1, -0.05) is 13.8 Å². The van der Waals surface area contributed by atoms with E-state index >= 15 is 0 Å². The summed E-state index contributed by atoms with van der Waals surface area (Å²) in [6.45, 7) is 9.87. The van der Waals surface area contributed by atoms with Gasteiger partial charge in [0, 0.05) is 24.1 Å². The Labute approximate surface area is 148 Å². The highest BCUT2D eigenvalue weighted by molar-refractivity contribution is 5.97. The second-order valence-corrected chi connectivity index (χ2v) is 8.52. The molecular weight excluding hydrogens is 314 g/mol. The Bertz CT molecular complexity index is 877. The van der Waals surface area contributed by atoms with Gasteiger partial charge in [0.15, 0.2) is 0 Å². The van der Waals surface area contributed by atoms with Crippen LogP contribution in [0.3, 0.4) is 0 Å². The quantitative estimate of drug-likeness (QED) is 0.913. The van der Waals surface area contributed by atoms with Crippen LogP contribution in [0, 0.1) is 30.6 Å². The summed E-state index contributed by atoms with van der Waals surface area (Å²) in [5.41, 5.74) is 4.11. The molecule has 1 aromatic carbocycles. The molecule has 0 unspecified atom stereocenters. The average Bonchev–Trinajstić information content (AvgIpc) is 2.90. The first-order valence-corrected chi connectivity index (χ1v) is 8.91. The van der Waals surface area contributed by atoms with E-state index in [0.717, 1.165) is 35.4 Å². The summed E-state index contributed by atoms with van der Waals surface area (Å²) in [5.74, 6) is 0.402. The molecule has 0 radical (unpaired) electrons. The lowest BCUT2D eigenvalue weighted by molar-refractivity contribution is -0.0976. The second kappa shape index (κ2) is 5.24. The van der Waals surface area contributed by atoms with Gasteiger partial charge in [0.25, 0.3) is 5.91 Å². The summed E-state index contributed by atoms with van der Waals surface area (Å²) < 4.78 is 0. The highest BCUT2D eigenvalue weighted by atomic mass is 16.3. The SMILES string of the molecule is Cc1nc2ccc(C(=O)N3C[C@@H]4C(C)(C)C[C@]4(CO)C3)cc2nc1C. The predicted molar refractivity (Wildman–Crippen MR) is 96.3 cm³/mol. The molecular formula is C20H25N3O2. The van der Waals surface area contributed by atoms with Gasteiger partial charge in [0.05, 0.1) is 29.0 Å². The first-order chi connectivity index (χ1) is 11.8. The Kier molecular flexibility index (Phi) is 3.45. The van der Waals surface area contributed by atoms with E-state index in [-0.39, 0.29) is 23.3 Å². The fourth-order valence-electron chi connectivity index (χ4n) is 5.04. The molecule has 2 atom stereocenters. The molecule has 5 heteroatoms. The van der Waals surface area contributed by atoms with Gasteiger partial charge in [0.2, 0.25) is 0 Å². The highest BCUT2D eigenvalue weighted by Gasteiger charge is 2.63. The number of carbonyl (C=O) groups excluding carboxylic acids is 1. The summed E-state index contributed by atoms with van der Waals surface area (Å²) in [4.78, 5) is 24.0. The van der Waals surface area contributed by atoms with Crippen LogP contribution in [-0.4, -0.2) is 45.6 Å². The van der Waals surface area contributed by atoms with Crippen molar-refractivity contribution in [1.82, 2.24) is 14.9 Å². The molecule has 1 saturated carbocycles. The maximum Gasteiger partial charge on any atom is 0.253 e. The normalized spacial score (nSPS) is 27.2. The number of aryl methyl sites for hydroxylation is 2. The first-order valence-electron chi connectivity index (χ1n) is 8.91. The van der Waals surface area contributed by atoms with Crippen molar-refractivity contribution in [2.75, 3.05) is 19.7 Å². The van der Waals surface area contributed by atoms with Gasteiger partial charge < -0.3 is 10.0 Å². The van der Waals surface area contributed by atoms with Crippen LogP contribution in [0.15, 0.2) is 18.2 Å². The Morgan fingerprint density at radius 3 is 2.52 bits per heavy atom. The van der Waals surface area contributed by atoms with E-state index in [0.29, 0.717) is 18.0 Å². The van der Waals surface area contributed by atoms with Crippen LogP contribution in [0.4, 0.5) is 0 Å². The number of hydrogen-bond donors (Lipinski definition) is 1. The number of rotatable bonds is 2. The first kappa shape index (κ1) is 16.5. The van der Waals surface area contributed by atoms with Crippen molar-refractivity contribution in [3.8, 4) is 0 Å². The summed E-state index contributed by atoms with van der Waals surface area (Å²) in [7, 11) is 0. The number of aliphatic hydroxyl groups excluding tert-OH is 1. The summed E-state index contributed by atoms with van der Waals surface area (Å²) in [6, 6.07) is 5.55. The van der Waals surface area contributed by atoms with E-state index in [9.17, 15) is 9.90 Å². The minimum Gasteiger partial charge on any atom is -0.396 e. The molecule has 1 aliphatic heterocycles. The minimum absolute atomic E-state index is 0.0277. The van der Waals surface area contributed by atoms with Crippen LogP contribution < -0.4 is 0 Å². The molecule has 1 aliphatic carbocycles. The van der Waals surface area contributed by atoms with Crippen LogP contribution in [0.5, 0.6) is 0 Å². The fraction of sp³-hybridized carbons (Fsp3) is 0.550. The largest absolute Gasteiger partial charge is 0.396 e. The summed E-state index contributed by atoms with van der Waals surface area (Å²) in [6.07, 6.45) is 0.979. The van der Waals surface area contributed by atoms with Crippen molar-refractivity contribution in [2.24, 2.45) is 16.7 Å². The number of benzene rings is 1. The number of likely N-dealkylation sites (tertiary alicyclic amines) is 1. The lowest BCUT2D eigenvalue weighted by atomic mass is 9.48. The zero-order valence-electron chi connectivity index (χ0n) is 15.3. The van der Waals surface area contributed by atoms with Crippen molar-refractivity contribution in [3.05, 3.63) is 35.2 Å². The van der Waals surface area contributed by atoms with Crippen LogP contribution in [0.25, 0.3) is 11.0 Å². The third kappa shape index (κ3) is 2.36. The molecule has 2 aliphatic rings. The molecule has 1 saturated heterocycles. The van der Waals surface area contributed by atoms with Crippen molar-refractivity contribution in [2.45, 2.75) is 34.1 Å². The molecule has 2 heterocycles. The smallest absolute Gasteiger partial charge is 0.253 e. The lowest BCUT2D eigenvalue weighted by Gasteiger charge is -2.55. The van der Waals surface area contributed by atoms with E-state index in [1.165, 1.54) is 0 Å². The summed E-state index contributed by atoms with van der Waals surface area (Å²) in [5, 5.41) is 9.89. The van der Waals surface area contributed by atoms with Crippen molar-refractivity contribution in [1.29, 1.82) is 0 Å². The number of hydrogen-bond acceptors (Lipinski definition) is 4. The zero-order chi connectivity index (χ0) is 18.0. The van der Waals surface area contributed by atoms with Gasteiger partial charge in [-0.2, -0.15) is 0 Å². The molecule has 0 spiro atoms. The van der Waals surface area contributed by atoms with Crippen molar-refractivity contribution >= 4 is 16.9 Å². The second-order valence-electron chi connectivity index (χ2n) is 8.52. The Balaban J connectivity index is 1.63. The van der Waals surface area contributed by atoms with Crippen LogP contribution in [-0.2, 0) is 0 Å². The van der Waals surface area contributed by atoms with Gasteiger partial charge >= 0.3 is 0 Å². The number of aromatic nitrogens is 2. The summed E-state index contributed by atoms with van der Waals surface area (Å²) >= 11 is 0. The highest BCUT2D eigenvalue weighted by Crippen LogP contribution is 2.62. The molecule has 25 heavy (non-hydrogen) atoms. The topological polar surface area (TPSA) is 66.3 Å². The van der Waals surface area contributed by atoms with Gasteiger partial charge in [-0.3, -0.25) is 4.79 Å². The Morgan fingerprint density at radius 2 is 1.92 bits per heavy atom. The van der Waals surface area contributed by atoms with Crippen LogP contribution in [0.2, 0.25) is 0 Å². The molecule has 2 aromatic rings. The number of nitrogens with zero attached hydrogens (tertiary/aromatic N) is 3. The lowest BCUT2D eigenvalue weighted by Crippen LogP contribution is -2.54. The third-order valence-electron chi connectivity index (χ3n) is 6.32. The molecule has 4 rings (SSSR count). The van der Waals surface area contributed by atoms with Crippen LogP contribution >= 0.6 is 0 Å². The molecule has 5 nitrogen and oxygen atoms in total.